The largest absolute Gasteiger partial charge is 0.462 e. The quantitative estimate of drug-likeness (QED) is 0.107. The highest BCUT2D eigenvalue weighted by Crippen LogP contribution is 2.26. The van der Waals surface area contributed by atoms with Gasteiger partial charge in [-0.3, -0.25) is 4.79 Å². The fourth-order valence-electron chi connectivity index (χ4n) is 4.89. The van der Waals surface area contributed by atoms with Crippen LogP contribution in [0.1, 0.15) is 163 Å². The first kappa shape index (κ1) is 31.4. The van der Waals surface area contributed by atoms with E-state index in [9.17, 15) is 4.79 Å². The summed E-state index contributed by atoms with van der Waals surface area (Å²) in [5.74, 6) is -0.443. The third kappa shape index (κ3) is 17.8. The average Bonchev–Trinajstić information content (AvgIpc) is 3.15. The van der Waals surface area contributed by atoms with Crippen LogP contribution >= 0.6 is 0 Å². The van der Waals surface area contributed by atoms with Crippen LogP contribution in [0.3, 0.4) is 0 Å². The lowest BCUT2D eigenvalue weighted by atomic mass is 10.0. The van der Waals surface area contributed by atoms with Crippen molar-refractivity contribution in [2.45, 2.75) is 181 Å². The molecule has 0 aromatic heterocycles. The Morgan fingerprint density at radius 1 is 0.765 bits per heavy atom. The second kappa shape index (κ2) is 20.6. The third-order valence-corrected chi connectivity index (χ3v) is 7.03. The van der Waals surface area contributed by atoms with Crippen molar-refractivity contribution in [3.8, 4) is 0 Å². The van der Waals surface area contributed by atoms with Gasteiger partial charge in [0.1, 0.15) is 6.10 Å². The van der Waals surface area contributed by atoms with Gasteiger partial charge in [-0.2, -0.15) is 0 Å². The summed E-state index contributed by atoms with van der Waals surface area (Å²) in [6, 6.07) is 0. The number of carbonyl (C=O) groups excluding carboxylic acids is 1. The Morgan fingerprint density at radius 2 is 1.26 bits per heavy atom. The van der Waals surface area contributed by atoms with E-state index in [1.165, 1.54) is 83.5 Å². The molecule has 2 atom stereocenters. The zero-order valence-corrected chi connectivity index (χ0v) is 23.3. The van der Waals surface area contributed by atoms with E-state index in [1.54, 1.807) is 0 Å². The molecule has 1 fully saturated rings. The molecule has 0 N–H and O–H groups in total. The highest BCUT2D eigenvalue weighted by atomic mass is 16.7. The van der Waals surface area contributed by atoms with E-state index in [0.717, 1.165) is 44.9 Å². The highest BCUT2D eigenvalue weighted by Gasteiger charge is 2.32. The van der Waals surface area contributed by atoms with Crippen molar-refractivity contribution in [2.24, 2.45) is 0 Å². The molecule has 4 heteroatoms. The van der Waals surface area contributed by atoms with Gasteiger partial charge in [-0.25, -0.2) is 0 Å². The van der Waals surface area contributed by atoms with Crippen LogP contribution in [0.2, 0.25) is 0 Å². The van der Waals surface area contributed by atoms with Crippen molar-refractivity contribution in [3.05, 3.63) is 0 Å². The summed E-state index contributed by atoms with van der Waals surface area (Å²) in [6.45, 7) is 9.15. The topological polar surface area (TPSA) is 44.8 Å². The summed E-state index contributed by atoms with van der Waals surface area (Å²) in [7, 11) is 0. The van der Waals surface area contributed by atoms with Crippen LogP contribution in [0.5, 0.6) is 0 Å². The van der Waals surface area contributed by atoms with Gasteiger partial charge in [0.15, 0.2) is 5.79 Å². The minimum Gasteiger partial charge on any atom is -0.462 e. The fourth-order valence-corrected chi connectivity index (χ4v) is 4.89. The molecule has 1 saturated heterocycles. The Hall–Kier alpha value is -0.610. The second-order valence-corrected chi connectivity index (χ2v) is 11.0. The van der Waals surface area contributed by atoms with Crippen LogP contribution in [0, 0.1) is 0 Å². The maximum atomic E-state index is 12.5. The summed E-state index contributed by atoms with van der Waals surface area (Å²) in [5.41, 5.74) is 0. The highest BCUT2D eigenvalue weighted by molar-refractivity contribution is 5.69. The molecule has 34 heavy (non-hydrogen) atoms. The molecule has 0 aliphatic carbocycles. The van der Waals surface area contributed by atoms with Crippen molar-refractivity contribution in [3.63, 3.8) is 0 Å². The van der Waals surface area contributed by atoms with Gasteiger partial charge >= 0.3 is 5.97 Å². The van der Waals surface area contributed by atoms with E-state index < -0.39 is 5.79 Å². The maximum Gasteiger partial charge on any atom is 0.306 e. The molecule has 0 radical (unpaired) electrons. The fraction of sp³-hybridized carbons (Fsp3) is 0.967. The van der Waals surface area contributed by atoms with E-state index in [1.807, 2.05) is 13.8 Å². The lowest BCUT2D eigenvalue weighted by Gasteiger charge is -2.20. The van der Waals surface area contributed by atoms with Gasteiger partial charge in [0, 0.05) is 6.42 Å². The molecule has 1 aliphatic heterocycles. The molecule has 0 spiro atoms. The SMILES string of the molecule is CCCCCCCCCCCCC(=O)OC(CCCCCCCC)CCC[C@H]1COC(C)(C)O1. The van der Waals surface area contributed by atoms with Crippen molar-refractivity contribution >= 4 is 5.97 Å². The number of unbranched alkanes of at least 4 members (excludes halogenated alkanes) is 14. The normalized spacial score (nSPS) is 18.3. The van der Waals surface area contributed by atoms with E-state index in [-0.39, 0.29) is 18.2 Å². The van der Waals surface area contributed by atoms with Crippen LogP contribution in [-0.2, 0) is 19.0 Å². The number of carbonyl (C=O) groups is 1. The van der Waals surface area contributed by atoms with Crippen molar-refractivity contribution in [2.75, 3.05) is 6.61 Å². The molecule has 0 bridgehead atoms. The molecule has 4 nitrogen and oxygen atoms in total. The summed E-state index contributed by atoms with van der Waals surface area (Å²) in [6.07, 6.45) is 25.3. The van der Waals surface area contributed by atoms with Gasteiger partial charge in [-0.1, -0.05) is 104 Å². The number of ether oxygens (including phenoxy) is 3. The van der Waals surface area contributed by atoms with Gasteiger partial charge in [0.2, 0.25) is 0 Å². The van der Waals surface area contributed by atoms with E-state index in [4.69, 9.17) is 14.2 Å². The smallest absolute Gasteiger partial charge is 0.306 e. The predicted molar refractivity (Wildman–Crippen MR) is 143 cm³/mol. The standard InChI is InChI=1S/C30H58O4/c1-5-7-9-11-13-14-15-16-18-20-25-29(31)33-27(22-19-17-12-10-8-6-2)23-21-24-28-26-32-30(3,4)34-28/h27-28H,5-26H2,1-4H3/t27?,28-/m0/s1. The Kier molecular flexibility index (Phi) is 19.0. The zero-order chi connectivity index (χ0) is 24.9. The minimum atomic E-state index is -0.454. The Morgan fingerprint density at radius 3 is 1.79 bits per heavy atom. The molecule has 1 heterocycles. The van der Waals surface area contributed by atoms with Crippen LogP contribution in [-0.4, -0.2) is 30.6 Å². The van der Waals surface area contributed by atoms with Gasteiger partial charge in [0.05, 0.1) is 12.7 Å². The molecule has 0 aromatic rings. The Bertz CT molecular complexity index is 476. The van der Waals surface area contributed by atoms with Gasteiger partial charge in [-0.15, -0.1) is 0 Å². The molecule has 1 rings (SSSR count). The minimum absolute atomic E-state index is 0.0112. The lowest BCUT2D eigenvalue weighted by molar-refractivity contribution is -0.150. The van der Waals surface area contributed by atoms with E-state index in [2.05, 4.69) is 13.8 Å². The summed E-state index contributed by atoms with van der Waals surface area (Å²) in [4.78, 5) is 12.5. The van der Waals surface area contributed by atoms with Gasteiger partial charge in [0.25, 0.3) is 0 Å². The third-order valence-electron chi connectivity index (χ3n) is 7.03. The first-order valence-corrected chi connectivity index (χ1v) is 15.0. The first-order valence-electron chi connectivity index (χ1n) is 15.0. The van der Waals surface area contributed by atoms with Crippen LogP contribution in [0.4, 0.5) is 0 Å². The lowest BCUT2D eigenvalue weighted by Crippen LogP contribution is -2.22. The number of hydrogen-bond acceptors (Lipinski definition) is 4. The number of esters is 1. The number of hydrogen-bond donors (Lipinski definition) is 0. The molecule has 1 unspecified atom stereocenters. The maximum absolute atomic E-state index is 12.5. The second-order valence-electron chi connectivity index (χ2n) is 11.0. The Labute approximate surface area is 212 Å². The Balaban J connectivity index is 2.19. The van der Waals surface area contributed by atoms with Crippen LogP contribution in [0.25, 0.3) is 0 Å². The monoisotopic (exact) mass is 482 g/mol. The predicted octanol–water partition coefficient (Wildman–Crippen LogP) is 9.28. The molecular formula is C30H58O4. The molecule has 202 valence electrons. The van der Waals surface area contributed by atoms with Crippen molar-refractivity contribution < 1.29 is 19.0 Å². The van der Waals surface area contributed by atoms with Crippen molar-refractivity contribution in [1.29, 1.82) is 0 Å². The van der Waals surface area contributed by atoms with Gasteiger partial charge < -0.3 is 14.2 Å². The van der Waals surface area contributed by atoms with Gasteiger partial charge in [-0.05, 0) is 52.4 Å². The number of rotatable bonds is 23. The average molecular weight is 483 g/mol. The summed E-state index contributed by atoms with van der Waals surface area (Å²) >= 11 is 0. The molecule has 0 aromatic carbocycles. The van der Waals surface area contributed by atoms with Crippen LogP contribution in [0.15, 0.2) is 0 Å². The summed E-state index contributed by atoms with van der Waals surface area (Å²) in [5, 5.41) is 0. The van der Waals surface area contributed by atoms with E-state index >= 15 is 0 Å². The van der Waals surface area contributed by atoms with E-state index in [0.29, 0.717) is 13.0 Å². The van der Waals surface area contributed by atoms with Crippen LogP contribution < -0.4 is 0 Å². The zero-order valence-electron chi connectivity index (χ0n) is 23.3. The molecule has 0 amide bonds. The summed E-state index contributed by atoms with van der Waals surface area (Å²) < 4.78 is 17.6. The van der Waals surface area contributed by atoms with Crippen molar-refractivity contribution in [1.82, 2.24) is 0 Å². The molecule has 0 saturated carbocycles. The molecular weight excluding hydrogens is 424 g/mol. The first-order chi connectivity index (χ1) is 16.5. The molecule has 1 aliphatic rings.